The number of benzene rings is 2. The molecule has 1 aromatic heterocycles. The normalized spacial score (nSPS) is 14.7. The summed E-state index contributed by atoms with van der Waals surface area (Å²) in [5.74, 6) is 0.703. The molecule has 128 valence electrons. The first-order valence-electron chi connectivity index (χ1n) is 8.31. The number of para-hydroxylation sites is 2. The van der Waals surface area contributed by atoms with E-state index in [-0.39, 0.29) is 12.5 Å². The predicted octanol–water partition coefficient (Wildman–Crippen LogP) is 1.51. The van der Waals surface area contributed by atoms with Crippen LogP contribution >= 0.6 is 0 Å². The van der Waals surface area contributed by atoms with Crippen LogP contribution in [0.1, 0.15) is 10.4 Å². The highest BCUT2D eigenvalue weighted by Crippen LogP contribution is 2.25. The van der Waals surface area contributed by atoms with Gasteiger partial charge >= 0.3 is 0 Å². The van der Waals surface area contributed by atoms with Gasteiger partial charge < -0.3 is 19.7 Å². The third kappa shape index (κ3) is 2.79. The van der Waals surface area contributed by atoms with E-state index in [2.05, 4.69) is 4.98 Å². The van der Waals surface area contributed by atoms with Crippen LogP contribution in [0.25, 0.3) is 22.4 Å². The molecule has 3 aromatic rings. The second-order valence-corrected chi connectivity index (χ2v) is 6.24. The van der Waals surface area contributed by atoms with Crippen molar-refractivity contribution >= 4 is 16.9 Å². The topological polar surface area (TPSA) is 78.6 Å². The number of carbonyl (C=O) groups is 1. The zero-order valence-corrected chi connectivity index (χ0v) is 13.7. The molecule has 0 spiro atoms. The maximum absolute atomic E-state index is 12.3. The van der Waals surface area contributed by atoms with Crippen molar-refractivity contribution < 1.29 is 15.0 Å². The molecule has 1 amide bonds. The number of aromatic nitrogens is 2. The van der Waals surface area contributed by atoms with E-state index in [1.165, 1.54) is 0 Å². The molecule has 0 atom stereocenters. The minimum Gasteiger partial charge on any atom is -0.395 e. The van der Waals surface area contributed by atoms with Gasteiger partial charge in [0.25, 0.3) is 5.91 Å². The van der Waals surface area contributed by atoms with Crippen LogP contribution < -0.4 is 0 Å². The summed E-state index contributed by atoms with van der Waals surface area (Å²) in [6.07, 6.45) is -0.401. The van der Waals surface area contributed by atoms with Gasteiger partial charge in [-0.05, 0) is 24.3 Å². The van der Waals surface area contributed by atoms with E-state index in [1.807, 2.05) is 41.0 Å². The summed E-state index contributed by atoms with van der Waals surface area (Å²) in [6.45, 7) is 1.28. The molecule has 0 unspecified atom stereocenters. The largest absolute Gasteiger partial charge is 0.395 e. The van der Waals surface area contributed by atoms with E-state index < -0.39 is 6.10 Å². The average molecular weight is 337 g/mol. The Morgan fingerprint density at radius 3 is 2.52 bits per heavy atom. The highest BCUT2D eigenvalue weighted by atomic mass is 16.3. The van der Waals surface area contributed by atoms with Crippen molar-refractivity contribution in [2.75, 3.05) is 19.7 Å². The first kappa shape index (κ1) is 15.8. The molecule has 1 saturated heterocycles. The Morgan fingerprint density at radius 2 is 1.84 bits per heavy atom. The fourth-order valence-electron chi connectivity index (χ4n) is 3.19. The highest BCUT2D eigenvalue weighted by Gasteiger charge is 2.29. The predicted molar refractivity (Wildman–Crippen MR) is 94.2 cm³/mol. The number of rotatable bonds is 4. The van der Waals surface area contributed by atoms with Gasteiger partial charge in [-0.2, -0.15) is 0 Å². The van der Waals surface area contributed by atoms with Crippen LogP contribution in [0.4, 0.5) is 0 Å². The number of likely N-dealkylation sites (tertiary alicyclic amines) is 1. The Kier molecular flexibility index (Phi) is 3.99. The van der Waals surface area contributed by atoms with Crippen LogP contribution in [0.2, 0.25) is 0 Å². The van der Waals surface area contributed by atoms with Crippen molar-refractivity contribution in [3.63, 3.8) is 0 Å². The zero-order chi connectivity index (χ0) is 17.4. The van der Waals surface area contributed by atoms with Gasteiger partial charge in [0.2, 0.25) is 0 Å². The smallest absolute Gasteiger partial charge is 0.254 e. The molecule has 2 aromatic carbocycles. The molecule has 0 radical (unpaired) electrons. The lowest BCUT2D eigenvalue weighted by atomic mass is 10.1. The quantitative estimate of drug-likeness (QED) is 0.756. The molecule has 0 saturated carbocycles. The summed E-state index contributed by atoms with van der Waals surface area (Å²) in [6, 6.07) is 15.1. The fraction of sp³-hybridized carbons (Fsp3) is 0.263. The number of nitrogens with zero attached hydrogens (tertiary/aromatic N) is 3. The van der Waals surface area contributed by atoms with Crippen molar-refractivity contribution in [2.45, 2.75) is 12.6 Å². The number of amides is 1. The zero-order valence-electron chi connectivity index (χ0n) is 13.7. The Balaban J connectivity index is 1.67. The molecule has 25 heavy (non-hydrogen) atoms. The van der Waals surface area contributed by atoms with E-state index in [1.54, 1.807) is 17.0 Å². The van der Waals surface area contributed by atoms with Gasteiger partial charge in [0.1, 0.15) is 5.82 Å². The van der Waals surface area contributed by atoms with E-state index >= 15 is 0 Å². The van der Waals surface area contributed by atoms with Crippen LogP contribution in [0.3, 0.4) is 0 Å². The summed E-state index contributed by atoms with van der Waals surface area (Å²) >= 11 is 0. The number of β-amino-alcohol motifs (C(OH)–C–C–N with tert-alkyl or cyclic N) is 1. The van der Waals surface area contributed by atoms with Crippen LogP contribution in [0.15, 0.2) is 48.5 Å². The molecule has 1 fully saturated rings. The SMILES string of the molecule is O=C(c1ccc(-c2nc3ccccc3n2CCO)cc1)N1CC(O)C1. The van der Waals surface area contributed by atoms with Crippen molar-refractivity contribution in [3.8, 4) is 11.4 Å². The lowest BCUT2D eigenvalue weighted by molar-refractivity contribution is 0.00590. The van der Waals surface area contributed by atoms with Gasteiger partial charge in [-0.25, -0.2) is 4.98 Å². The Labute approximate surface area is 145 Å². The van der Waals surface area contributed by atoms with Gasteiger partial charge in [0.15, 0.2) is 0 Å². The van der Waals surface area contributed by atoms with Gasteiger partial charge in [-0.1, -0.05) is 24.3 Å². The minimum atomic E-state index is -0.401. The van der Waals surface area contributed by atoms with Crippen LogP contribution in [0, 0.1) is 0 Å². The number of aliphatic hydroxyl groups excluding tert-OH is 2. The molecule has 2 heterocycles. The molecular weight excluding hydrogens is 318 g/mol. The molecule has 0 bridgehead atoms. The number of hydrogen-bond donors (Lipinski definition) is 2. The molecule has 4 rings (SSSR count). The highest BCUT2D eigenvalue weighted by molar-refractivity contribution is 5.95. The van der Waals surface area contributed by atoms with Crippen molar-refractivity contribution in [2.24, 2.45) is 0 Å². The van der Waals surface area contributed by atoms with Crippen LogP contribution in [0.5, 0.6) is 0 Å². The molecule has 0 aliphatic carbocycles. The third-order valence-electron chi connectivity index (χ3n) is 4.52. The molecule has 1 aliphatic heterocycles. The van der Waals surface area contributed by atoms with E-state index in [0.717, 1.165) is 22.4 Å². The number of carbonyl (C=O) groups excluding carboxylic acids is 1. The Morgan fingerprint density at radius 1 is 1.12 bits per heavy atom. The summed E-state index contributed by atoms with van der Waals surface area (Å²) in [4.78, 5) is 18.6. The van der Waals surface area contributed by atoms with Crippen molar-refractivity contribution in [3.05, 3.63) is 54.1 Å². The summed E-state index contributed by atoms with van der Waals surface area (Å²) < 4.78 is 1.98. The van der Waals surface area contributed by atoms with Gasteiger partial charge in [0, 0.05) is 30.8 Å². The molecule has 1 aliphatic rings. The first-order valence-corrected chi connectivity index (χ1v) is 8.31. The molecule has 6 nitrogen and oxygen atoms in total. The van der Waals surface area contributed by atoms with Crippen LogP contribution in [-0.4, -0.2) is 56.4 Å². The van der Waals surface area contributed by atoms with E-state index in [4.69, 9.17) is 0 Å². The maximum atomic E-state index is 12.3. The number of aliphatic hydroxyl groups is 2. The second-order valence-electron chi connectivity index (χ2n) is 6.24. The second kappa shape index (κ2) is 6.31. The monoisotopic (exact) mass is 337 g/mol. The third-order valence-corrected chi connectivity index (χ3v) is 4.52. The van der Waals surface area contributed by atoms with Gasteiger partial charge in [0.05, 0.1) is 23.7 Å². The van der Waals surface area contributed by atoms with E-state index in [0.29, 0.717) is 25.2 Å². The summed E-state index contributed by atoms with van der Waals surface area (Å²) in [5, 5.41) is 18.7. The minimum absolute atomic E-state index is 0.0290. The lowest BCUT2D eigenvalue weighted by Gasteiger charge is -2.35. The van der Waals surface area contributed by atoms with E-state index in [9.17, 15) is 15.0 Å². The summed E-state index contributed by atoms with van der Waals surface area (Å²) in [5.41, 5.74) is 3.34. The maximum Gasteiger partial charge on any atom is 0.254 e. The number of hydrogen-bond acceptors (Lipinski definition) is 4. The van der Waals surface area contributed by atoms with Crippen LogP contribution in [-0.2, 0) is 6.54 Å². The number of fused-ring (bicyclic) bond motifs is 1. The van der Waals surface area contributed by atoms with Crippen molar-refractivity contribution in [1.82, 2.24) is 14.5 Å². The summed E-state index contributed by atoms with van der Waals surface area (Å²) in [7, 11) is 0. The molecular formula is C19H19N3O3. The van der Waals surface area contributed by atoms with Gasteiger partial charge in [-0.15, -0.1) is 0 Å². The number of imidazole rings is 1. The fourth-order valence-corrected chi connectivity index (χ4v) is 3.19. The molecule has 6 heteroatoms. The molecule has 2 N–H and O–H groups in total. The standard InChI is InChI=1S/C19H19N3O3/c23-10-9-22-17-4-2-1-3-16(17)20-18(22)13-5-7-14(8-6-13)19(25)21-11-15(24)12-21/h1-8,15,23-24H,9-12H2. The Bertz CT molecular complexity index is 911. The van der Waals surface area contributed by atoms with Gasteiger partial charge in [-0.3, -0.25) is 4.79 Å². The first-order chi connectivity index (χ1) is 12.2. The Hall–Kier alpha value is -2.70. The average Bonchev–Trinajstić information content (AvgIpc) is 2.98. The van der Waals surface area contributed by atoms with Crippen molar-refractivity contribution in [1.29, 1.82) is 0 Å². The lowest BCUT2D eigenvalue weighted by Crippen LogP contribution is -2.53.